The molecule has 0 aliphatic rings. The van der Waals surface area contributed by atoms with E-state index in [-0.39, 0.29) is 12.1 Å². The van der Waals surface area contributed by atoms with Crippen LogP contribution in [0, 0.1) is 5.82 Å². The van der Waals surface area contributed by atoms with Gasteiger partial charge >= 0.3 is 5.97 Å². The summed E-state index contributed by atoms with van der Waals surface area (Å²) in [6.45, 7) is 0. The Labute approximate surface area is 116 Å². The van der Waals surface area contributed by atoms with Crippen molar-refractivity contribution in [2.24, 2.45) is 5.73 Å². The molecule has 100 valence electrons. The summed E-state index contributed by atoms with van der Waals surface area (Å²) in [4.78, 5) is 10.6. The lowest BCUT2D eigenvalue weighted by Gasteiger charge is -2.03. The van der Waals surface area contributed by atoms with Gasteiger partial charge in [-0.2, -0.15) is 0 Å². The molecule has 0 fully saturated rings. The second-order valence-electron chi connectivity index (χ2n) is 3.90. The highest BCUT2D eigenvalue weighted by molar-refractivity contribution is 9.10. The van der Waals surface area contributed by atoms with Crippen LogP contribution in [-0.4, -0.2) is 32.1 Å². The zero-order chi connectivity index (χ0) is 14.0. The monoisotopic (exact) mass is 328 g/mol. The van der Waals surface area contributed by atoms with E-state index in [0.29, 0.717) is 10.2 Å². The summed E-state index contributed by atoms with van der Waals surface area (Å²) in [5, 5.41) is 16.2. The lowest BCUT2D eigenvalue weighted by atomic mass is 10.2. The largest absolute Gasteiger partial charge is 0.480 e. The molecule has 1 aromatic carbocycles. The maximum atomic E-state index is 13.6. The number of hydrogen-bond donors (Lipinski definition) is 2. The predicted molar refractivity (Wildman–Crippen MR) is 68.3 cm³/mol. The van der Waals surface area contributed by atoms with E-state index >= 15 is 0 Å². The number of aromatic nitrogens is 3. The van der Waals surface area contributed by atoms with Gasteiger partial charge in [-0.05, 0) is 18.2 Å². The second kappa shape index (κ2) is 5.45. The van der Waals surface area contributed by atoms with Crippen LogP contribution in [0.15, 0.2) is 28.9 Å². The van der Waals surface area contributed by atoms with E-state index in [9.17, 15) is 9.18 Å². The summed E-state index contributed by atoms with van der Waals surface area (Å²) in [6, 6.07) is 3.35. The highest BCUT2D eigenvalue weighted by Crippen LogP contribution is 2.18. The van der Waals surface area contributed by atoms with Gasteiger partial charge in [-0.1, -0.05) is 21.1 Å². The third kappa shape index (κ3) is 3.15. The van der Waals surface area contributed by atoms with Gasteiger partial charge in [0.2, 0.25) is 0 Å². The SMILES string of the molecule is NC(Cc1cn(-c2cc(Br)ccc2F)nn1)C(=O)O. The Bertz CT molecular complexity index is 616. The summed E-state index contributed by atoms with van der Waals surface area (Å²) in [6.07, 6.45) is 1.48. The Hall–Kier alpha value is -1.80. The van der Waals surface area contributed by atoms with Crippen molar-refractivity contribution in [2.45, 2.75) is 12.5 Å². The van der Waals surface area contributed by atoms with E-state index < -0.39 is 17.8 Å². The van der Waals surface area contributed by atoms with Gasteiger partial charge in [0.05, 0.1) is 11.9 Å². The van der Waals surface area contributed by atoms with Gasteiger partial charge in [0.25, 0.3) is 0 Å². The number of aliphatic carboxylic acids is 1. The number of rotatable bonds is 4. The molecule has 2 aromatic rings. The van der Waals surface area contributed by atoms with Gasteiger partial charge in [-0.3, -0.25) is 4.79 Å². The Balaban J connectivity index is 2.26. The number of carboxylic acid groups (broad SMARTS) is 1. The number of nitrogens with two attached hydrogens (primary N) is 1. The third-order valence-corrected chi connectivity index (χ3v) is 2.94. The molecule has 1 atom stereocenters. The number of nitrogens with zero attached hydrogens (tertiary/aromatic N) is 3. The average molecular weight is 329 g/mol. The Morgan fingerprint density at radius 3 is 3.00 bits per heavy atom. The molecule has 6 nitrogen and oxygen atoms in total. The molecule has 0 aliphatic carbocycles. The zero-order valence-electron chi connectivity index (χ0n) is 9.62. The number of halogens is 2. The number of benzene rings is 1. The average Bonchev–Trinajstić information content (AvgIpc) is 2.80. The van der Waals surface area contributed by atoms with Gasteiger partial charge in [0.15, 0.2) is 0 Å². The quantitative estimate of drug-likeness (QED) is 0.877. The van der Waals surface area contributed by atoms with Gasteiger partial charge in [-0.15, -0.1) is 5.10 Å². The first-order valence-electron chi connectivity index (χ1n) is 5.32. The second-order valence-corrected chi connectivity index (χ2v) is 4.81. The normalized spacial score (nSPS) is 12.4. The summed E-state index contributed by atoms with van der Waals surface area (Å²) in [5.74, 6) is -1.58. The zero-order valence-corrected chi connectivity index (χ0v) is 11.2. The van der Waals surface area contributed by atoms with Crippen molar-refractivity contribution in [1.82, 2.24) is 15.0 Å². The van der Waals surface area contributed by atoms with Crippen molar-refractivity contribution in [3.05, 3.63) is 40.4 Å². The van der Waals surface area contributed by atoms with Crippen LogP contribution in [0.1, 0.15) is 5.69 Å². The summed E-state index contributed by atoms with van der Waals surface area (Å²) in [7, 11) is 0. The third-order valence-electron chi connectivity index (χ3n) is 2.44. The van der Waals surface area contributed by atoms with Crippen molar-refractivity contribution in [2.75, 3.05) is 0 Å². The molecule has 3 N–H and O–H groups in total. The number of hydrogen-bond acceptors (Lipinski definition) is 4. The highest BCUT2D eigenvalue weighted by atomic mass is 79.9. The Morgan fingerprint density at radius 1 is 1.58 bits per heavy atom. The smallest absolute Gasteiger partial charge is 0.320 e. The van der Waals surface area contributed by atoms with Crippen LogP contribution < -0.4 is 5.73 Å². The van der Waals surface area contributed by atoms with Gasteiger partial charge in [-0.25, -0.2) is 9.07 Å². The maximum absolute atomic E-state index is 13.6. The molecule has 0 bridgehead atoms. The maximum Gasteiger partial charge on any atom is 0.320 e. The molecule has 1 unspecified atom stereocenters. The van der Waals surface area contributed by atoms with E-state index in [2.05, 4.69) is 26.2 Å². The minimum Gasteiger partial charge on any atom is -0.480 e. The first kappa shape index (κ1) is 13.6. The fourth-order valence-electron chi connectivity index (χ4n) is 1.48. The van der Waals surface area contributed by atoms with Crippen LogP contribution in [0.25, 0.3) is 5.69 Å². The molecule has 1 aromatic heterocycles. The van der Waals surface area contributed by atoms with Crippen LogP contribution in [0.5, 0.6) is 0 Å². The van der Waals surface area contributed by atoms with Crippen LogP contribution >= 0.6 is 15.9 Å². The van der Waals surface area contributed by atoms with Crippen molar-refractivity contribution in [1.29, 1.82) is 0 Å². The number of carbonyl (C=O) groups is 1. The molecular weight excluding hydrogens is 319 g/mol. The fraction of sp³-hybridized carbons (Fsp3) is 0.182. The Kier molecular flexibility index (Phi) is 3.91. The van der Waals surface area contributed by atoms with E-state index in [1.54, 1.807) is 12.1 Å². The molecule has 8 heteroatoms. The molecule has 1 heterocycles. The Morgan fingerprint density at radius 2 is 2.32 bits per heavy atom. The predicted octanol–water partition coefficient (Wildman–Crippen LogP) is 1.12. The summed E-state index contributed by atoms with van der Waals surface area (Å²) < 4.78 is 15.6. The molecule has 0 radical (unpaired) electrons. The first-order valence-corrected chi connectivity index (χ1v) is 6.11. The molecule has 19 heavy (non-hydrogen) atoms. The highest BCUT2D eigenvalue weighted by Gasteiger charge is 2.15. The van der Waals surface area contributed by atoms with E-state index in [1.165, 1.54) is 16.9 Å². The topological polar surface area (TPSA) is 94.0 Å². The molecule has 0 saturated heterocycles. The molecule has 0 spiro atoms. The molecule has 0 amide bonds. The van der Waals surface area contributed by atoms with Crippen LogP contribution in [0.2, 0.25) is 0 Å². The van der Waals surface area contributed by atoms with Crippen LogP contribution in [-0.2, 0) is 11.2 Å². The van der Waals surface area contributed by atoms with E-state index in [1.807, 2.05) is 0 Å². The lowest BCUT2D eigenvalue weighted by molar-refractivity contribution is -0.138. The standard InChI is InChI=1S/C11H10BrFN4O2/c12-6-1-2-8(13)10(3-6)17-5-7(15-16-17)4-9(14)11(18)19/h1-3,5,9H,4,14H2,(H,18,19). The minimum absolute atomic E-state index is 0.0327. The lowest BCUT2D eigenvalue weighted by Crippen LogP contribution is -2.32. The van der Waals surface area contributed by atoms with Crippen LogP contribution in [0.4, 0.5) is 4.39 Å². The summed E-state index contributed by atoms with van der Waals surface area (Å²) >= 11 is 3.23. The van der Waals surface area contributed by atoms with Crippen LogP contribution in [0.3, 0.4) is 0 Å². The van der Waals surface area contributed by atoms with Gasteiger partial charge < -0.3 is 10.8 Å². The first-order chi connectivity index (χ1) is 8.97. The van der Waals surface area contributed by atoms with Gasteiger partial charge in [0, 0.05) is 10.9 Å². The van der Waals surface area contributed by atoms with E-state index in [0.717, 1.165) is 0 Å². The molecular formula is C11H10BrFN4O2. The van der Waals surface area contributed by atoms with Crippen molar-refractivity contribution >= 4 is 21.9 Å². The molecule has 2 rings (SSSR count). The fourth-order valence-corrected chi connectivity index (χ4v) is 1.83. The van der Waals surface area contributed by atoms with Gasteiger partial charge in [0.1, 0.15) is 17.5 Å². The van der Waals surface area contributed by atoms with E-state index in [4.69, 9.17) is 10.8 Å². The number of carboxylic acids is 1. The molecule has 0 aliphatic heterocycles. The minimum atomic E-state index is -1.12. The van der Waals surface area contributed by atoms with Crippen molar-refractivity contribution in [3.63, 3.8) is 0 Å². The van der Waals surface area contributed by atoms with Crippen molar-refractivity contribution < 1.29 is 14.3 Å². The summed E-state index contributed by atoms with van der Waals surface area (Å²) in [5.41, 5.74) is 6.00. The van der Waals surface area contributed by atoms with Crippen molar-refractivity contribution in [3.8, 4) is 5.69 Å². The molecule has 0 saturated carbocycles.